The SMILES string of the molecule is COc1c(C)cc(C(=O)C2CCCN(Cc3ccncc3)C2)cc1C. The zero-order valence-corrected chi connectivity index (χ0v) is 15.3. The molecule has 1 atom stereocenters. The maximum Gasteiger partial charge on any atom is 0.167 e. The van der Waals surface area contributed by atoms with Gasteiger partial charge in [-0.15, -0.1) is 0 Å². The Morgan fingerprint density at radius 3 is 2.56 bits per heavy atom. The zero-order chi connectivity index (χ0) is 17.8. The highest BCUT2D eigenvalue weighted by molar-refractivity contribution is 5.98. The number of hydrogen-bond donors (Lipinski definition) is 0. The second-order valence-electron chi connectivity index (χ2n) is 6.94. The molecule has 0 amide bonds. The molecule has 1 aliphatic heterocycles. The average Bonchev–Trinajstić information content (AvgIpc) is 2.62. The van der Waals surface area contributed by atoms with Crippen molar-refractivity contribution in [2.24, 2.45) is 5.92 Å². The molecule has 1 saturated heterocycles. The van der Waals surface area contributed by atoms with Gasteiger partial charge < -0.3 is 4.74 Å². The van der Waals surface area contributed by atoms with E-state index in [1.807, 2.05) is 50.5 Å². The fourth-order valence-corrected chi connectivity index (χ4v) is 3.81. The van der Waals surface area contributed by atoms with Gasteiger partial charge >= 0.3 is 0 Å². The molecule has 1 fully saturated rings. The van der Waals surface area contributed by atoms with Gasteiger partial charge in [0.1, 0.15) is 5.75 Å². The lowest BCUT2D eigenvalue weighted by Crippen LogP contribution is -2.38. The minimum Gasteiger partial charge on any atom is -0.496 e. The minimum atomic E-state index is 0.0720. The second-order valence-corrected chi connectivity index (χ2v) is 6.94. The minimum absolute atomic E-state index is 0.0720. The molecule has 0 spiro atoms. The summed E-state index contributed by atoms with van der Waals surface area (Å²) in [5.74, 6) is 1.20. The lowest BCUT2D eigenvalue weighted by atomic mass is 9.88. The van der Waals surface area contributed by atoms with Gasteiger partial charge in [0.2, 0.25) is 0 Å². The van der Waals surface area contributed by atoms with Gasteiger partial charge in [-0.05, 0) is 74.2 Å². The molecule has 0 bridgehead atoms. The summed E-state index contributed by atoms with van der Waals surface area (Å²) in [7, 11) is 1.68. The molecule has 0 radical (unpaired) electrons. The van der Waals surface area contributed by atoms with Gasteiger partial charge in [-0.3, -0.25) is 14.7 Å². The zero-order valence-electron chi connectivity index (χ0n) is 15.3. The van der Waals surface area contributed by atoms with Crippen LogP contribution >= 0.6 is 0 Å². The number of aryl methyl sites for hydroxylation is 2. The summed E-state index contributed by atoms with van der Waals surface area (Å²) in [5.41, 5.74) is 4.11. The van der Waals surface area contributed by atoms with E-state index >= 15 is 0 Å². The van der Waals surface area contributed by atoms with Crippen LogP contribution in [0.25, 0.3) is 0 Å². The number of carbonyl (C=O) groups is 1. The molecular formula is C21H26N2O2. The van der Waals surface area contributed by atoms with Crippen molar-refractivity contribution in [2.45, 2.75) is 33.2 Å². The van der Waals surface area contributed by atoms with E-state index in [1.54, 1.807) is 7.11 Å². The first kappa shape index (κ1) is 17.6. The van der Waals surface area contributed by atoms with Crippen LogP contribution in [0.2, 0.25) is 0 Å². The van der Waals surface area contributed by atoms with E-state index in [-0.39, 0.29) is 11.7 Å². The Bertz CT molecular complexity index is 720. The monoisotopic (exact) mass is 338 g/mol. The van der Waals surface area contributed by atoms with Crippen molar-refractivity contribution in [3.63, 3.8) is 0 Å². The maximum atomic E-state index is 13.0. The van der Waals surface area contributed by atoms with E-state index in [0.29, 0.717) is 0 Å². The predicted octanol–water partition coefficient (Wildman–Crippen LogP) is 3.80. The van der Waals surface area contributed by atoms with Crippen molar-refractivity contribution in [1.29, 1.82) is 0 Å². The van der Waals surface area contributed by atoms with Crippen LogP contribution in [-0.4, -0.2) is 35.9 Å². The molecule has 3 rings (SSSR count). The number of benzene rings is 1. The van der Waals surface area contributed by atoms with Crippen LogP contribution in [-0.2, 0) is 6.54 Å². The Labute approximate surface area is 149 Å². The lowest BCUT2D eigenvalue weighted by molar-refractivity contribution is 0.0811. The summed E-state index contributed by atoms with van der Waals surface area (Å²) < 4.78 is 5.41. The summed E-state index contributed by atoms with van der Waals surface area (Å²) in [4.78, 5) is 19.5. The average molecular weight is 338 g/mol. The summed E-state index contributed by atoms with van der Waals surface area (Å²) in [6.07, 6.45) is 5.68. The third-order valence-corrected chi connectivity index (χ3v) is 4.98. The van der Waals surface area contributed by atoms with Crippen molar-refractivity contribution < 1.29 is 9.53 Å². The van der Waals surface area contributed by atoms with Crippen molar-refractivity contribution in [1.82, 2.24) is 9.88 Å². The van der Waals surface area contributed by atoms with Gasteiger partial charge in [-0.25, -0.2) is 0 Å². The fourth-order valence-electron chi connectivity index (χ4n) is 3.81. The highest BCUT2D eigenvalue weighted by Crippen LogP contribution is 2.28. The maximum absolute atomic E-state index is 13.0. The van der Waals surface area contributed by atoms with E-state index in [4.69, 9.17) is 4.74 Å². The molecular weight excluding hydrogens is 312 g/mol. The first-order valence-corrected chi connectivity index (χ1v) is 8.89. The van der Waals surface area contributed by atoms with Crippen LogP contribution in [0.1, 0.15) is 39.9 Å². The van der Waals surface area contributed by atoms with Crippen molar-refractivity contribution >= 4 is 5.78 Å². The molecule has 0 saturated carbocycles. The predicted molar refractivity (Wildman–Crippen MR) is 99.0 cm³/mol. The topological polar surface area (TPSA) is 42.4 Å². The molecule has 132 valence electrons. The van der Waals surface area contributed by atoms with E-state index in [0.717, 1.165) is 54.9 Å². The van der Waals surface area contributed by atoms with E-state index in [2.05, 4.69) is 9.88 Å². The van der Waals surface area contributed by atoms with Gasteiger partial charge in [0, 0.05) is 37.0 Å². The highest BCUT2D eigenvalue weighted by Gasteiger charge is 2.27. The standard InChI is InChI=1S/C21H26N2O2/c1-15-11-19(12-16(2)21(15)25-3)20(24)18-5-4-10-23(14-18)13-17-6-8-22-9-7-17/h6-9,11-12,18H,4-5,10,13-14H2,1-3H3. The molecule has 1 aromatic heterocycles. The Hall–Kier alpha value is -2.20. The number of nitrogens with zero attached hydrogens (tertiary/aromatic N) is 2. The lowest BCUT2D eigenvalue weighted by Gasteiger charge is -2.32. The van der Waals surface area contributed by atoms with Crippen molar-refractivity contribution in [3.8, 4) is 5.75 Å². The van der Waals surface area contributed by atoms with Crippen LogP contribution in [0, 0.1) is 19.8 Å². The van der Waals surface area contributed by atoms with E-state index in [9.17, 15) is 4.79 Å². The Balaban J connectivity index is 1.72. The van der Waals surface area contributed by atoms with Crippen LogP contribution in [0.4, 0.5) is 0 Å². The van der Waals surface area contributed by atoms with Gasteiger partial charge in [-0.2, -0.15) is 0 Å². The molecule has 1 aromatic carbocycles. The fraction of sp³-hybridized carbons (Fsp3) is 0.429. The summed E-state index contributed by atoms with van der Waals surface area (Å²) in [5, 5.41) is 0. The van der Waals surface area contributed by atoms with Gasteiger partial charge in [0.15, 0.2) is 5.78 Å². The molecule has 0 N–H and O–H groups in total. The number of aromatic nitrogens is 1. The Kier molecular flexibility index (Phi) is 5.49. The number of Topliss-reactive ketones (excluding diaryl/α,β-unsaturated/α-hetero) is 1. The van der Waals surface area contributed by atoms with Gasteiger partial charge in [-0.1, -0.05) is 0 Å². The normalized spacial score (nSPS) is 18.1. The second kappa shape index (κ2) is 7.79. The van der Waals surface area contributed by atoms with Gasteiger partial charge in [0.25, 0.3) is 0 Å². The highest BCUT2D eigenvalue weighted by atomic mass is 16.5. The molecule has 25 heavy (non-hydrogen) atoms. The summed E-state index contributed by atoms with van der Waals surface area (Å²) >= 11 is 0. The van der Waals surface area contributed by atoms with E-state index in [1.165, 1.54) is 5.56 Å². The van der Waals surface area contributed by atoms with Crippen LogP contribution in [0.3, 0.4) is 0 Å². The number of ether oxygens (including phenoxy) is 1. The summed E-state index contributed by atoms with van der Waals surface area (Å²) in [6.45, 7) is 6.75. The smallest absolute Gasteiger partial charge is 0.167 e. The number of piperidine rings is 1. The number of likely N-dealkylation sites (tertiary alicyclic amines) is 1. The third-order valence-electron chi connectivity index (χ3n) is 4.98. The van der Waals surface area contributed by atoms with Gasteiger partial charge in [0.05, 0.1) is 7.11 Å². The van der Waals surface area contributed by atoms with Crippen LogP contribution < -0.4 is 4.74 Å². The number of rotatable bonds is 5. The number of carbonyl (C=O) groups excluding carboxylic acids is 1. The van der Waals surface area contributed by atoms with Crippen molar-refractivity contribution in [3.05, 3.63) is 58.9 Å². The first-order chi connectivity index (χ1) is 12.1. The first-order valence-electron chi connectivity index (χ1n) is 8.89. The molecule has 1 unspecified atom stereocenters. The molecule has 4 heteroatoms. The molecule has 2 heterocycles. The molecule has 1 aliphatic rings. The van der Waals surface area contributed by atoms with Crippen LogP contribution in [0.15, 0.2) is 36.7 Å². The Morgan fingerprint density at radius 2 is 1.92 bits per heavy atom. The molecule has 4 nitrogen and oxygen atoms in total. The molecule has 2 aromatic rings. The van der Waals surface area contributed by atoms with Crippen molar-refractivity contribution in [2.75, 3.05) is 20.2 Å². The number of methoxy groups -OCH3 is 1. The molecule has 0 aliphatic carbocycles. The number of hydrogen-bond acceptors (Lipinski definition) is 4. The largest absolute Gasteiger partial charge is 0.496 e. The summed E-state index contributed by atoms with van der Waals surface area (Å²) in [6, 6.07) is 8.02. The van der Waals surface area contributed by atoms with Crippen LogP contribution in [0.5, 0.6) is 5.75 Å². The Morgan fingerprint density at radius 1 is 1.24 bits per heavy atom. The number of pyridine rings is 1. The van der Waals surface area contributed by atoms with E-state index < -0.39 is 0 Å². The third kappa shape index (κ3) is 4.07. The number of ketones is 1. The quantitative estimate of drug-likeness (QED) is 0.778.